The van der Waals surface area contributed by atoms with Crippen molar-refractivity contribution in [3.63, 3.8) is 0 Å². The molecule has 0 bridgehead atoms. The Morgan fingerprint density at radius 1 is 1.50 bits per heavy atom. The minimum absolute atomic E-state index is 0.156. The van der Waals surface area contributed by atoms with Gasteiger partial charge in [0.1, 0.15) is 3.42 Å². The molecule has 0 aliphatic heterocycles. The van der Waals surface area contributed by atoms with E-state index in [-0.39, 0.29) is 9.53 Å². The van der Waals surface area contributed by atoms with E-state index in [1.165, 1.54) is 0 Å². The Morgan fingerprint density at radius 2 is 2.00 bits per heavy atom. The van der Waals surface area contributed by atoms with Crippen molar-refractivity contribution in [1.29, 1.82) is 5.26 Å². The average Bonchev–Trinajstić information content (AvgIpc) is 1.96. The molecule has 1 aliphatic carbocycles. The highest BCUT2D eigenvalue weighted by Crippen LogP contribution is 2.35. The second kappa shape index (κ2) is 3.05. The van der Waals surface area contributed by atoms with Crippen molar-refractivity contribution in [3.05, 3.63) is 0 Å². The third-order valence-corrected chi connectivity index (χ3v) is 3.27. The van der Waals surface area contributed by atoms with Crippen molar-refractivity contribution < 1.29 is 5.11 Å². The number of rotatable bonds is 0. The highest BCUT2D eigenvalue weighted by atomic mass is 127. The smallest absolute Gasteiger partial charge is 0.109 e. The molecule has 56 valence electrons. The highest BCUT2D eigenvalue weighted by molar-refractivity contribution is 14.1. The van der Waals surface area contributed by atoms with E-state index < -0.39 is 0 Å². The van der Waals surface area contributed by atoms with E-state index >= 15 is 0 Å². The highest BCUT2D eigenvalue weighted by Gasteiger charge is 2.31. The number of alkyl halides is 1. The molecular formula is C7H10INO. The van der Waals surface area contributed by atoms with Crippen molar-refractivity contribution in [2.75, 3.05) is 0 Å². The third-order valence-electron chi connectivity index (χ3n) is 1.95. The number of hydrogen-bond donors (Lipinski definition) is 1. The molecular weight excluding hydrogens is 241 g/mol. The number of halogens is 1. The molecule has 0 heterocycles. The first kappa shape index (κ1) is 8.28. The van der Waals surface area contributed by atoms with Crippen LogP contribution in [0.25, 0.3) is 0 Å². The van der Waals surface area contributed by atoms with E-state index in [2.05, 4.69) is 28.7 Å². The van der Waals surface area contributed by atoms with Crippen LogP contribution in [0.15, 0.2) is 0 Å². The Labute approximate surface area is 74.4 Å². The van der Waals surface area contributed by atoms with Gasteiger partial charge in [0.2, 0.25) is 0 Å². The Morgan fingerprint density at radius 3 is 2.40 bits per heavy atom. The van der Waals surface area contributed by atoms with Crippen LogP contribution in [0.5, 0.6) is 0 Å². The van der Waals surface area contributed by atoms with Crippen LogP contribution in [0.4, 0.5) is 0 Å². The lowest BCUT2D eigenvalue weighted by Crippen LogP contribution is -2.28. The predicted octanol–water partition coefficient (Wildman–Crippen LogP) is 1.62. The molecule has 10 heavy (non-hydrogen) atoms. The minimum Gasteiger partial charge on any atom is -0.393 e. The summed E-state index contributed by atoms with van der Waals surface area (Å²) in [4.78, 5) is 0. The maximum absolute atomic E-state index is 9.12. The van der Waals surface area contributed by atoms with Gasteiger partial charge in [-0.25, -0.2) is 0 Å². The quantitative estimate of drug-likeness (QED) is 0.525. The summed E-state index contributed by atoms with van der Waals surface area (Å²) in [6, 6.07) is 2.28. The molecule has 0 aromatic heterocycles. The van der Waals surface area contributed by atoms with Gasteiger partial charge < -0.3 is 5.11 Å². The van der Waals surface area contributed by atoms with Crippen LogP contribution >= 0.6 is 22.6 Å². The molecule has 1 N–H and O–H groups in total. The molecule has 1 fully saturated rings. The largest absolute Gasteiger partial charge is 0.393 e. The molecule has 3 heteroatoms. The SMILES string of the molecule is N#C[C@]1(I)CC[C@H](O)CC1. The average molecular weight is 251 g/mol. The molecule has 0 saturated heterocycles. The fourth-order valence-electron chi connectivity index (χ4n) is 1.17. The van der Waals surface area contributed by atoms with Gasteiger partial charge in [-0.1, -0.05) is 22.6 Å². The monoisotopic (exact) mass is 251 g/mol. The maximum atomic E-state index is 9.12. The Kier molecular flexibility index (Phi) is 2.53. The van der Waals surface area contributed by atoms with Gasteiger partial charge >= 0.3 is 0 Å². The van der Waals surface area contributed by atoms with Crippen LogP contribution in [0.3, 0.4) is 0 Å². The lowest BCUT2D eigenvalue weighted by molar-refractivity contribution is 0.127. The molecule has 0 radical (unpaired) electrons. The molecule has 0 aromatic rings. The first-order valence-electron chi connectivity index (χ1n) is 3.44. The van der Waals surface area contributed by atoms with Gasteiger partial charge in [-0.2, -0.15) is 5.26 Å². The van der Waals surface area contributed by atoms with Crippen molar-refractivity contribution in [2.45, 2.75) is 35.2 Å². The number of nitriles is 1. The zero-order valence-electron chi connectivity index (χ0n) is 5.68. The second-order valence-corrected chi connectivity index (χ2v) is 4.87. The Bertz CT molecular complexity index is 155. The molecule has 0 aromatic carbocycles. The molecule has 1 saturated carbocycles. The summed E-state index contributed by atoms with van der Waals surface area (Å²) in [5, 5.41) is 17.8. The maximum Gasteiger partial charge on any atom is 0.109 e. The molecule has 0 unspecified atom stereocenters. The number of hydrogen-bond acceptors (Lipinski definition) is 2. The Hall–Kier alpha value is 0.180. The standard InChI is InChI=1S/C7H10INO/c8-7(5-9)3-1-6(10)2-4-7/h6,10H,1-4H2/t6-,7-. The van der Waals surface area contributed by atoms with Crippen LogP contribution in [0.2, 0.25) is 0 Å². The summed E-state index contributed by atoms with van der Waals surface area (Å²) in [6.45, 7) is 0. The molecule has 2 nitrogen and oxygen atoms in total. The fraction of sp³-hybridized carbons (Fsp3) is 0.857. The van der Waals surface area contributed by atoms with Crippen LogP contribution < -0.4 is 0 Å². The van der Waals surface area contributed by atoms with Gasteiger partial charge in [-0.15, -0.1) is 0 Å². The van der Waals surface area contributed by atoms with E-state index in [0.29, 0.717) is 0 Å². The normalized spacial score (nSPS) is 40.7. The third kappa shape index (κ3) is 1.83. The summed E-state index contributed by atoms with van der Waals surface area (Å²) >= 11 is 2.19. The van der Waals surface area contributed by atoms with E-state index in [4.69, 9.17) is 10.4 Å². The van der Waals surface area contributed by atoms with Gasteiger partial charge in [0.15, 0.2) is 0 Å². The number of nitrogens with zero attached hydrogens (tertiary/aromatic N) is 1. The zero-order chi connectivity index (χ0) is 7.61. The van der Waals surface area contributed by atoms with Crippen LogP contribution in [0.1, 0.15) is 25.7 Å². The van der Waals surface area contributed by atoms with E-state index in [0.717, 1.165) is 25.7 Å². The van der Waals surface area contributed by atoms with Crippen LogP contribution in [0, 0.1) is 11.3 Å². The van der Waals surface area contributed by atoms with Crippen LogP contribution in [-0.2, 0) is 0 Å². The molecule has 0 atom stereocenters. The topological polar surface area (TPSA) is 44.0 Å². The van der Waals surface area contributed by atoms with Crippen molar-refractivity contribution in [3.8, 4) is 6.07 Å². The molecule has 1 rings (SSSR count). The number of aliphatic hydroxyl groups excluding tert-OH is 1. The second-order valence-electron chi connectivity index (χ2n) is 2.81. The van der Waals surface area contributed by atoms with E-state index in [1.54, 1.807) is 0 Å². The molecule has 0 amide bonds. The van der Waals surface area contributed by atoms with Gasteiger partial charge in [0, 0.05) is 0 Å². The summed E-state index contributed by atoms with van der Waals surface area (Å²) in [7, 11) is 0. The predicted molar refractivity (Wildman–Crippen MR) is 46.8 cm³/mol. The Balaban J connectivity index is 2.48. The van der Waals surface area contributed by atoms with Crippen molar-refractivity contribution >= 4 is 22.6 Å². The number of aliphatic hydroxyl groups is 1. The van der Waals surface area contributed by atoms with Crippen molar-refractivity contribution in [2.24, 2.45) is 0 Å². The van der Waals surface area contributed by atoms with Crippen LogP contribution in [-0.4, -0.2) is 14.6 Å². The lowest BCUT2D eigenvalue weighted by atomic mass is 9.88. The summed E-state index contributed by atoms with van der Waals surface area (Å²) in [6.07, 6.45) is 3.10. The van der Waals surface area contributed by atoms with Crippen molar-refractivity contribution in [1.82, 2.24) is 0 Å². The first-order valence-corrected chi connectivity index (χ1v) is 4.52. The first-order chi connectivity index (χ1) is 4.66. The van der Waals surface area contributed by atoms with Gasteiger partial charge in [0.25, 0.3) is 0 Å². The summed E-state index contributed by atoms with van der Waals surface area (Å²) in [5.74, 6) is 0. The molecule has 1 aliphatic rings. The summed E-state index contributed by atoms with van der Waals surface area (Å²) in [5.41, 5.74) is 0. The minimum atomic E-state index is -0.184. The fourth-order valence-corrected chi connectivity index (χ4v) is 1.79. The lowest BCUT2D eigenvalue weighted by Gasteiger charge is -2.27. The zero-order valence-corrected chi connectivity index (χ0v) is 7.84. The van der Waals surface area contributed by atoms with Gasteiger partial charge in [-0.3, -0.25) is 0 Å². The van der Waals surface area contributed by atoms with E-state index in [1.807, 2.05) is 0 Å². The molecule has 0 spiro atoms. The summed E-state index contributed by atoms with van der Waals surface area (Å²) < 4.78 is -0.184. The van der Waals surface area contributed by atoms with Gasteiger partial charge in [0.05, 0.1) is 12.2 Å². The van der Waals surface area contributed by atoms with E-state index in [9.17, 15) is 0 Å². The van der Waals surface area contributed by atoms with Gasteiger partial charge in [-0.05, 0) is 25.7 Å².